The summed E-state index contributed by atoms with van der Waals surface area (Å²) in [6, 6.07) is 8.94. The molecular weight excluding hydrogens is 532 g/mol. The first-order valence-corrected chi connectivity index (χ1v) is 14.6. The normalized spacial score (nSPS) is 14.1. The van der Waals surface area contributed by atoms with E-state index in [0.717, 1.165) is 38.3 Å². The monoisotopic (exact) mass is 560 g/mol. The van der Waals surface area contributed by atoms with Crippen LogP contribution in [0.1, 0.15) is 25.0 Å². The Balaban J connectivity index is 1.34. The summed E-state index contributed by atoms with van der Waals surface area (Å²) in [5, 5.41) is 2.67. The molecule has 6 rings (SSSR count). The zero-order valence-electron chi connectivity index (χ0n) is 22.1. The van der Waals surface area contributed by atoms with E-state index in [1.807, 2.05) is 29.1 Å². The molecule has 1 aromatic carbocycles. The number of aromatic nitrogens is 5. The molecule has 40 heavy (non-hydrogen) atoms. The van der Waals surface area contributed by atoms with E-state index in [1.54, 1.807) is 31.3 Å². The zero-order chi connectivity index (χ0) is 28.0. The summed E-state index contributed by atoms with van der Waals surface area (Å²) < 4.78 is 41.3. The lowest BCUT2D eigenvalue weighted by atomic mass is 10.1. The van der Waals surface area contributed by atoms with Gasteiger partial charge in [0.05, 0.1) is 29.6 Å². The molecule has 12 heteroatoms. The van der Waals surface area contributed by atoms with Gasteiger partial charge in [-0.3, -0.25) is 4.40 Å². The van der Waals surface area contributed by atoms with Gasteiger partial charge in [0, 0.05) is 43.3 Å². The number of pyridine rings is 1. The number of aromatic amines is 1. The van der Waals surface area contributed by atoms with Gasteiger partial charge in [0.25, 0.3) is 0 Å². The van der Waals surface area contributed by atoms with Gasteiger partial charge in [0.2, 0.25) is 10.0 Å². The second kappa shape index (κ2) is 9.87. The van der Waals surface area contributed by atoms with E-state index >= 15 is 0 Å². The van der Waals surface area contributed by atoms with Crippen molar-refractivity contribution in [2.45, 2.75) is 32.6 Å². The Morgan fingerprint density at radius 1 is 1.18 bits per heavy atom. The second-order valence-electron chi connectivity index (χ2n) is 9.35. The summed E-state index contributed by atoms with van der Waals surface area (Å²) in [5.74, 6) is 0.0799. The highest BCUT2D eigenvalue weighted by molar-refractivity contribution is 7.93. The third-order valence-corrected chi connectivity index (χ3v) is 8.49. The van der Waals surface area contributed by atoms with Crippen molar-refractivity contribution < 1.29 is 22.7 Å². The van der Waals surface area contributed by atoms with Gasteiger partial charge in [-0.15, -0.1) is 0 Å². The third-order valence-electron chi connectivity index (χ3n) is 6.93. The van der Waals surface area contributed by atoms with Crippen molar-refractivity contribution in [2.24, 2.45) is 0 Å². The minimum atomic E-state index is -3.89. The molecular formula is C28H28N6O5S. The number of imidazole rings is 1. The maximum absolute atomic E-state index is 12.7. The van der Waals surface area contributed by atoms with E-state index in [4.69, 9.17) is 14.5 Å². The first kappa shape index (κ1) is 25.7. The molecule has 3 aromatic rings. The Labute approximate surface area is 229 Å². The fraction of sp³-hybridized carbons (Fsp3) is 0.250. The number of H-pyrrole nitrogens is 1. The van der Waals surface area contributed by atoms with E-state index in [1.165, 1.54) is 0 Å². The Morgan fingerprint density at radius 2 is 2.02 bits per heavy atom. The number of fused-ring (bicyclic) bond motifs is 5. The van der Waals surface area contributed by atoms with Gasteiger partial charge < -0.3 is 19.0 Å². The number of hydrogen-bond donors (Lipinski definition) is 1. The predicted octanol–water partition coefficient (Wildman–Crippen LogP) is 3.44. The molecule has 0 saturated carbocycles. The van der Waals surface area contributed by atoms with E-state index in [9.17, 15) is 13.2 Å². The van der Waals surface area contributed by atoms with Gasteiger partial charge in [-0.25, -0.2) is 23.2 Å². The number of ether oxygens (including phenoxy) is 2. The Kier molecular flexibility index (Phi) is 6.34. The molecule has 0 saturated heterocycles. The molecule has 5 heterocycles. The number of amides is 1. The van der Waals surface area contributed by atoms with Crippen LogP contribution in [-0.4, -0.2) is 51.6 Å². The van der Waals surface area contributed by atoms with Gasteiger partial charge >= 0.3 is 6.09 Å². The lowest BCUT2D eigenvalue weighted by Crippen LogP contribution is -2.34. The van der Waals surface area contributed by atoms with Crippen LogP contribution in [0.25, 0.3) is 23.3 Å². The molecule has 0 bridgehead atoms. The molecule has 2 aromatic heterocycles. The summed E-state index contributed by atoms with van der Waals surface area (Å²) in [5.41, 5.74) is 4.07. The van der Waals surface area contributed by atoms with Crippen molar-refractivity contribution in [3.05, 3.63) is 82.3 Å². The Morgan fingerprint density at radius 3 is 2.83 bits per heavy atom. The number of benzene rings is 1. The fourth-order valence-electron chi connectivity index (χ4n) is 5.20. The third kappa shape index (κ3) is 4.11. The van der Waals surface area contributed by atoms with Crippen molar-refractivity contribution in [3.63, 3.8) is 0 Å². The van der Waals surface area contributed by atoms with E-state index in [2.05, 4.69) is 34.1 Å². The lowest BCUT2D eigenvalue weighted by Gasteiger charge is -2.15. The fourth-order valence-corrected chi connectivity index (χ4v) is 6.74. The van der Waals surface area contributed by atoms with Crippen LogP contribution >= 0.6 is 0 Å². The van der Waals surface area contributed by atoms with E-state index in [-0.39, 0.29) is 24.7 Å². The molecule has 0 unspecified atom stereocenters. The number of sulfonamides is 1. The maximum atomic E-state index is 12.7. The minimum Gasteiger partial charge on any atom is -0.493 e. The molecule has 3 aliphatic rings. The molecule has 0 atom stereocenters. The number of anilines is 1. The van der Waals surface area contributed by atoms with Gasteiger partial charge in [-0.1, -0.05) is 12.6 Å². The van der Waals surface area contributed by atoms with Crippen LogP contribution in [0.4, 0.5) is 10.5 Å². The van der Waals surface area contributed by atoms with Crippen LogP contribution in [0.15, 0.2) is 55.1 Å². The minimum absolute atomic E-state index is 0.0717. The van der Waals surface area contributed by atoms with Gasteiger partial charge in [-0.05, 0) is 48.9 Å². The molecule has 0 radical (unpaired) electrons. The zero-order valence-corrected chi connectivity index (χ0v) is 22.9. The molecule has 0 aliphatic carbocycles. The van der Waals surface area contributed by atoms with E-state index < -0.39 is 16.1 Å². The van der Waals surface area contributed by atoms with Gasteiger partial charge in [0.15, 0.2) is 0 Å². The number of hydrogen-bond acceptors (Lipinski definition) is 7. The largest absolute Gasteiger partial charge is 0.493 e. The first-order chi connectivity index (χ1) is 19.3. The lowest BCUT2D eigenvalue weighted by molar-refractivity contribution is 0.164. The summed E-state index contributed by atoms with van der Waals surface area (Å²) in [4.78, 5) is 25.2. The standard InChI is InChI=1S/C28H28N6O5S/c1-4-32-26-20(25-30-12-13-33(25)24-18(3)9-11-29-27(24)32)15-19(16-31-26)10-14-39-23-8-6-7-22-21(23)17-40(36,37)34(22)28(35)38-5-2/h6-9,11-13,15-16,29H,3-5,10,14,17H2,1-2H3. The highest BCUT2D eigenvalue weighted by Gasteiger charge is 2.40. The quantitative estimate of drug-likeness (QED) is 0.337. The number of carbonyl (C=O) groups is 1. The average molecular weight is 561 g/mol. The predicted molar refractivity (Wildman–Crippen MR) is 150 cm³/mol. The summed E-state index contributed by atoms with van der Waals surface area (Å²) in [6.07, 6.45) is 6.97. The molecule has 206 valence electrons. The van der Waals surface area contributed by atoms with Crippen LogP contribution in [0.2, 0.25) is 0 Å². The van der Waals surface area contributed by atoms with Crippen molar-refractivity contribution in [1.29, 1.82) is 0 Å². The number of nitrogens with one attached hydrogen (secondary N) is 1. The maximum Gasteiger partial charge on any atom is 0.428 e. The van der Waals surface area contributed by atoms with Gasteiger partial charge in [0.1, 0.15) is 28.3 Å². The first-order valence-electron chi connectivity index (χ1n) is 13.0. The summed E-state index contributed by atoms with van der Waals surface area (Å²) >= 11 is 0. The molecule has 1 N–H and O–H groups in total. The number of rotatable bonds is 6. The topological polar surface area (TPSA) is 124 Å². The second-order valence-corrected chi connectivity index (χ2v) is 11.2. The van der Waals surface area contributed by atoms with Crippen molar-refractivity contribution in [3.8, 4) is 5.75 Å². The number of carbonyl (C=O) groups excluding carboxylic acids is 1. The smallest absolute Gasteiger partial charge is 0.428 e. The molecule has 0 fully saturated rings. The van der Waals surface area contributed by atoms with Crippen molar-refractivity contribution in [1.82, 2.24) is 23.9 Å². The highest BCUT2D eigenvalue weighted by atomic mass is 32.2. The summed E-state index contributed by atoms with van der Waals surface area (Å²) in [7, 11) is -3.89. The molecule has 11 nitrogen and oxygen atoms in total. The van der Waals surface area contributed by atoms with Crippen LogP contribution in [0, 0.1) is 10.8 Å². The van der Waals surface area contributed by atoms with Crippen LogP contribution in [-0.2, 0) is 33.5 Å². The number of aryl methyl sites for hydroxylation is 1. The van der Waals surface area contributed by atoms with Gasteiger partial charge in [-0.2, -0.15) is 4.31 Å². The van der Waals surface area contributed by atoms with Crippen LogP contribution in [0.3, 0.4) is 0 Å². The molecule has 3 aliphatic heterocycles. The molecule has 1 amide bonds. The van der Waals surface area contributed by atoms with Crippen LogP contribution < -0.4 is 14.3 Å². The summed E-state index contributed by atoms with van der Waals surface area (Å²) in [6.45, 7) is 8.96. The number of nitrogens with zero attached hydrogens (tertiary/aromatic N) is 5. The average Bonchev–Trinajstić information content (AvgIpc) is 3.48. The highest BCUT2D eigenvalue weighted by Crippen LogP contribution is 2.39. The van der Waals surface area contributed by atoms with E-state index in [0.29, 0.717) is 28.6 Å². The Bertz CT molecular complexity index is 2040. The SMILES string of the molecule is C=c1cc[nH]c2n(CC)c3ncc(CCOc4cccc5c4CS(=O)(=O)N5C(=O)OCC)cc3c3nccn3c1=2. The Hall–Kier alpha value is -4.58. The van der Waals surface area contributed by atoms with Crippen molar-refractivity contribution in [2.75, 3.05) is 17.5 Å². The van der Waals surface area contributed by atoms with Crippen molar-refractivity contribution >= 4 is 45.1 Å². The molecule has 0 spiro atoms. The van der Waals surface area contributed by atoms with Crippen LogP contribution in [0.5, 0.6) is 5.75 Å².